The first-order chi connectivity index (χ1) is 13.0. The number of amides is 2. The SMILES string of the molecule is CCOC(=O)c1[nH]c2ccc(OC)cc2c1NC(=O)Nc1cccc(Cl)c1. The highest BCUT2D eigenvalue weighted by Crippen LogP contribution is 2.31. The standard InChI is InChI=1S/C19H18ClN3O4/c1-3-27-18(24)17-16(14-10-13(26-2)7-8-15(14)22-17)23-19(25)21-12-6-4-5-11(20)9-12/h4-10,22H,3H2,1-2H3,(H2,21,23,25). The Morgan fingerprint density at radius 3 is 2.67 bits per heavy atom. The van der Waals surface area contributed by atoms with Gasteiger partial charge in [-0.25, -0.2) is 9.59 Å². The molecule has 0 aliphatic heterocycles. The number of carbonyl (C=O) groups is 2. The Labute approximate surface area is 160 Å². The minimum absolute atomic E-state index is 0.154. The molecule has 0 unspecified atom stereocenters. The highest BCUT2D eigenvalue weighted by molar-refractivity contribution is 6.31. The van der Waals surface area contributed by atoms with Gasteiger partial charge < -0.3 is 25.1 Å². The summed E-state index contributed by atoms with van der Waals surface area (Å²) in [6, 6.07) is 11.5. The van der Waals surface area contributed by atoms with Gasteiger partial charge in [-0.3, -0.25) is 0 Å². The van der Waals surface area contributed by atoms with Crippen LogP contribution in [0.15, 0.2) is 42.5 Å². The third kappa shape index (κ3) is 4.15. The van der Waals surface area contributed by atoms with Gasteiger partial charge in [0.05, 0.1) is 19.4 Å². The molecule has 7 nitrogen and oxygen atoms in total. The van der Waals surface area contributed by atoms with Crippen molar-refractivity contribution >= 4 is 45.9 Å². The zero-order valence-electron chi connectivity index (χ0n) is 14.8. The van der Waals surface area contributed by atoms with E-state index in [9.17, 15) is 9.59 Å². The number of benzene rings is 2. The first-order valence-electron chi connectivity index (χ1n) is 8.22. The lowest BCUT2D eigenvalue weighted by atomic mass is 10.2. The van der Waals surface area contributed by atoms with Crippen molar-refractivity contribution in [3.8, 4) is 5.75 Å². The number of aromatic amines is 1. The lowest BCUT2D eigenvalue weighted by molar-refractivity contribution is 0.0522. The van der Waals surface area contributed by atoms with Crippen LogP contribution in [0.5, 0.6) is 5.75 Å². The predicted molar refractivity (Wildman–Crippen MR) is 105 cm³/mol. The number of ether oxygens (including phenoxy) is 2. The van der Waals surface area contributed by atoms with Crippen LogP contribution >= 0.6 is 11.6 Å². The van der Waals surface area contributed by atoms with Crippen molar-refractivity contribution in [2.24, 2.45) is 0 Å². The summed E-state index contributed by atoms with van der Waals surface area (Å²) in [4.78, 5) is 27.7. The van der Waals surface area contributed by atoms with Crippen molar-refractivity contribution in [3.05, 3.63) is 53.2 Å². The lowest BCUT2D eigenvalue weighted by Crippen LogP contribution is -2.21. The smallest absolute Gasteiger partial charge is 0.356 e. The van der Waals surface area contributed by atoms with Gasteiger partial charge in [0.25, 0.3) is 0 Å². The molecular formula is C19H18ClN3O4. The van der Waals surface area contributed by atoms with Crippen LogP contribution in [0.1, 0.15) is 17.4 Å². The molecule has 0 fully saturated rings. The van der Waals surface area contributed by atoms with E-state index >= 15 is 0 Å². The summed E-state index contributed by atoms with van der Waals surface area (Å²) in [6.07, 6.45) is 0. The molecule has 0 aliphatic carbocycles. The summed E-state index contributed by atoms with van der Waals surface area (Å²) in [6.45, 7) is 1.92. The van der Waals surface area contributed by atoms with E-state index in [0.717, 1.165) is 0 Å². The highest BCUT2D eigenvalue weighted by Gasteiger charge is 2.21. The molecule has 3 aromatic rings. The topological polar surface area (TPSA) is 92.5 Å². The maximum Gasteiger partial charge on any atom is 0.356 e. The number of carbonyl (C=O) groups excluding carboxylic acids is 2. The number of aromatic nitrogens is 1. The van der Waals surface area contributed by atoms with Gasteiger partial charge in [0.15, 0.2) is 0 Å². The molecule has 0 saturated heterocycles. The monoisotopic (exact) mass is 387 g/mol. The Morgan fingerprint density at radius 1 is 1.15 bits per heavy atom. The molecule has 0 saturated carbocycles. The van der Waals surface area contributed by atoms with E-state index < -0.39 is 12.0 Å². The summed E-state index contributed by atoms with van der Waals surface area (Å²) in [5, 5.41) is 6.51. The molecule has 0 bridgehead atoms. The van der Waals surface area contributed by atoms with Crippen LogP contribution in [0.4, 0.5) is 16.2 Å². The molecule has 0 aliphatic rings. The van der Waals surface area contributed by atoms with Crippen molar-refractivity contribution in [1.82, 2.24) is 4.98 Å². The normalized spacial score (nSPS) is 10.5. The van der Waals surface area contributed by atoms with Gasteiger partial charge >= 0.3 is 12.0 Å². The number of hydrogen-bond acceptors (Lipinski definition) is 4. The van der Waals surface area contributed by atoms with Crippen LogP contribution in [-0.2, 0) is 4.74 Å². The van der Waals surface area contributed by atoms with Gasteiger partial charge in [-0.1, -0.05) is 17.7 Å². The maximum atomic E-state index is 12.5. The van der Waals surface area contributed by atoms with E-state index in [1.54, 1.807) is 56.5 Å². The molecule has 140 valence electrons. The zero-order valence-corrected chi connectivity index (χ0v) is 15.5. The van der Waals surface area contributed by atoms with E-state index in [1.807, 2.05) is 0 Å². The molecule has 3 rings (SSSR count). The van der Waals surface area contributed by atoms with E-state index in [4.69, 9.17) is 21.1 Å². The zero-order chi connectivity index (χ0) is 19.4. The highest BCUT2D eigenvalue weighted by atomic mass is 35.5. The molecule has 8 heteroatoms. The minimum Gasteiger partial charge on any atom is -0.497 e. The summed E-state index contributed by atoms with van der Waals surface area (Å²) >= 11 is 5.93. The molecule has 2 amide bonds. The van der Waals surface area contributed by atoms with E-state index in [1.165, 1.54) is 0 Å². The number of nitrogens with one attached hydrogen (secondary N) is 3. The van der Waals surface area contributed by atoms with E-state index in [2.05, 4.69) is 15.6 Å². The first kappa shape index (κ1) is 18.6. The fraction of sp³-hybridized carbons (Fsp3) is 0.158. The minimum atomic E-state index is -0.564. The van der Waals surface area contributed by atoms with Crippen LogP contribution in [0.25, 0.3) is 10.9 Å². The third-order valence-electron chi connectivity index (χ3n) is 3.81. The van der Waals surface area contributed by atoms with Gasteiger partial charge in [0.1, 0.15) is 11.4 Å². The largest absolute Gasteiger partial charge is 0.497 e. The number of methoxy groups -OCH3 is 1. The van der Waals surface area contributed by atoms with Crippen LogP contribution in [0.3, 0.4) is 0 Å². The van der Waals surface area contributed by atoms with Crippen molar-refractivity contribution in [3.63, 3.8) is 0 Å². The van der Waals surface area contributed by atoms with Crippen LogP contribution in [0, 0.1) is 0 Å². The number of anilines is 2. The van der Waals surface area contributed by atoms with Crippen LogP contribution in [0.2, 0.25) is 5.02 Å². The molecule has 1 heterocycles. The molecule has 0 atom stereocenters. The third-order valence-corrected chi connectivity index (χ3v) is 4.04. The van der Waals surface area contributed by atoms with Gasteiger partial charge in [-0.15, -0.1) is 0 Å². The van der Waals surface area contributed by atoms with E-state index in [-0.39, 0.29) is 12.3 Å². The Morgan fingerprint density at radius 2 is 1.96 bits per heavy atom. The second kappa shape index (κ2) is 8.01. The van der Waals surface area contributed by atoms with E-state index in [0.29, 0.717) is 33.0 Å². The van der Waals surface area contributed by atoms with Crippen molar-refractivity contribution in [2.45, 2.75) is 6.92 Å². The van der Waals surface area contributed by atoms with Gasteiger partial charge in [-0.2, -0.15) is 0 Å². The molecular weight excluding hydrogens is 370 g/mol. The Kier molecular flexibility index (Phi) is 5.52. The van der Waals surface area contributed by atoms with Gasteiger partial charge in [0.2, 0.25) is 0 Å². The quantitative estimate of drug-likeness (QED) is 0.555. The summed E-state index contributed by atoms with van der Waals surface area (Å²) < 4.78 is 10.3. The Balaban J connectivity index is 1.95. The van der Waals surface area contributed by atoms with Crippen LogP contribution in [-0.4, -0.2) is 30.7 Å². The van der Waals surface area contributed by atoms with Crippen molar-refractivity contribution in [1.29, 1.82) is 0 Å². The number of H-pyrrole nitrogens is 1. The second-order valence-electron chi connectivity index (χ2n) is 5.60. The average Bonchev–Trinajstić information content (AvgIpc) is 2.99. The average molecular weight is 388 g/mol. The van der Waals surface area contributed by atoms with Crippen molar-refractivity contribution in [2.75, 3.05) is 24.4 Å². The van der Waals surface area contributed by atoms with Gasteiger partial charge in [0, 0.05) is 21.6 Å². The molecule has 2 aromatic carbocycles. The first-order valence-corrected chi connectivity index (χ1v) is 8.60. The molecule has 0 spiro atoms. The van der Waals surface area contributed by atoms with Crippen molar-refractivity contribution < 1.29 is 19.1 Å². The fourth-order valence-electron chi connectivity index (χ4n) is 2.63. The molecule has 0 radical (unpaired) electrons. The molecule has 1 aromatic heterocycles. The number of halogens is 1. The summed E-state index contributed by atoms with van der Waals surface area (Å²) in [5.41, 5.74) is 1.65. The number of fused-ring (bicyclic) bond motifs is 1. The lowest BCUT2D eigenvalue weighted by Gasteiger charge is -2.09. The Bertz CT molecular complexity index is 1000. The fourth-order valence-corrected chi connectivity index (χ4v) is 2.82. The summed E-state index contributed by atoms with van der Waals surface area (Å²) in [5.74, 6) is 0.0286. The number of urea groups is 1. The molecule has 3 N–H and O–H groups in total. The number of esters is 1. The van der Waals surface area contributed by atoms with Crippen LogP contribution < -0.4 is 15.4 Å². The maximum absolute atomic E-state index is 12.5. The Hall–Kier alpha value is -3.19. The number of hydrogen-bond donors (Lipinski definition) is 3. The predicted octanol–water partition coefficient (Wildman–Crippen LogP) is 4.65. The second-order valence-corrected chi connectivity index (χ2v) is 6.03. The van der Waals surface area contributed by atoms with Gasteiger partial charge in [-0.05, 0) is 43.3 Å². The number of rotatable bonds is 5. The molecule has 27 heavy (non-hydrogen) atoms. The summed E-state index contributed by atoms with van der Waals surface area (Å²) in [7, 11) is 1.54.